The molecule has 1 atom stereocenters. The summed E-state index contributed by atoms with van der Waals surface area (Å²) in [5, 5.41) is 5.03. The molecule has 1 aliphatic rings. The molecule has 110 valence electrons. The first-order chi connectivity index (χ1) is 10.0. The number of anilines is 1. The summed E-state index contributed by atoms with van der Waals surface area (Å²) >= 11 is 18.2. The lowest BCUT2D eigenvalue weighted by molar-refractivity contribution is 0.854. The Kier molecular flexibility index (Phi) is 4.25. The van der Waals surface area contributed by atoms with Gasteiger partial charge in [-0.1, -0.05) is 40.9 Å². The van der Waals surface area contributed by atoms with Gasteiger partial charge in [0.15, 0.2) is 0 Å². The van der Waals surface area contributed by atoms with Gasteiger partial charge in [0.2, 0.25) is 0 Å². The average Bonchev–Trinajstić information content (AvgIpc) is 3.21. The van der Waals surface area contributed by atoms with Gasteiger partial charge in [-0.2, -0.15) is 0 Å². The first-order valence-corrected chi connectivity index (χ1v) is 7.92. The lowest BCUT2D eigenvalue weighted by atomic mass is 10.1. The van der Waals surface area contributed by atoms with Crippen molar-refractivity contribution >= 4 is 40.6 Å². The van der Waals surface area contributed by atoms with Crippen LogP contribution in [0.1, 0.15) is 43.1 Å². The van der Waals surface area contributed by atoms with E-state index in [1.807, 2.05) is 19.1 Å². The molecule has 1 saturated carbocycles. The van der Waals surface area contributed by atoms with E-state index in [2.05, 4.69) is 15.3 Å². The van der Waals surface area contributed by atoms with Gasteiger partial charge in [-0.15, -0.1) is 0 Å². The van der Waals surface area contributed by atoms with Crippen molar-refractivity contribution < 1.29 is 0 Å². The maximum absolute atomic E-state index is 6.23. The molecule has 1 aliphatic carbocycles. The Morgan fingerprint density at radius 3 is 2.57 bits per heavy atom. The second-order valence-corrected chi connectivity index (χ2v) is 6.47. The second-order valence-electron chi connectivity index (χ2n) is 5.24. The molecular formula is C15H14Cl3N3. The summed E-state index contributed by atoms with van der Waals surface area (Å²) in [6.45, 7) is 2.02. The third-order valence-electron chi connectivity index (χ3n) is 3.45. The first kappa shape index (κ1) is 14.9. The van der Waals surface area contributed by atoms with Crippen LogP contribution in [0.15, 0.2) is 24.3 Å². The molecule has 0 spiro atoms. The third-order valence-corrected chi connectivity index (χ3v) is 4.20. The summed E-state index contributed by atoms with van der Waals surface area (Å²) in [6.07, 6.45) is 2.27. The van der Waals surface area contributed by atoms with Crippen LogP contribution in [-0.4, -0.2) is 9.97 Å². The van der Waals surface area contributed by atoms with Crippen LogP contribution in [-0.2, 0) is 0 Å². The maximum atomic E-state index is 6.23. The van der Waals surface area contributed by atoms with E-state index in [0.29, 0.717) is 21.1 Å². The van der Waals surface area contributed by atoms with Crippen molar-refractivity contribution in [2.45, 2.75) is 31.7 Å². The summed E-state index contributed by atoms with van der Waals surface area (Å²) in [6, 6.07) is 7.19. The average molecular weight is 343 g/mol. The topological polar surface area (TPSA) is 37.8 Å². The minimum Gasteiger partial charge on any atom is -0.363 e. The van der Waals surface area contributed by atoms with Crippen LogP contribution in [0, 0.1) is 0 Å². The molecule has 1 N–H and O–H groups in total. The van der Waals surface area contributed by atoms with E-state index in [4.69, 9.17) is 34.8 Å². The molecule has 1 fully saturated rings. The fraction of sp³-hybridized carbons (Fsp3) is 0.333. The maximum Gasteiger partial charge on any atom is 0.135 e. The van der Waals surface area contributed by atoms with Crippen molar-refractivity contribution in [3.05, 3.63) is 50.9 Å². The van der Waals surface area contributed by atoms with Gasteiger partial charge in [0.25, 0.3) is 0 Å². The standard InChI is InChI=1S/C15H14Cl3N3/c1-8(11-5-4-10(16)6-12(11)17)19-14-7-13(18)20-15(21-14)9-2-3-9/h4-9H,2-3H2,1H3,(H,19,20,21). The number of rotatable bonds is 4. The van der Waals surface area contributed by atoms with Crippen LogP contribution >= 0.6 is 34.8 Å². The molecule has 1 unspecified atom stereocenters. The number of nitrogens with one attached hydrogen (secondary N) is 1. The molecule has 1 heterocycles. The molecule has 0 bridgehead atoms. The molecule has 21 heavy (non-hydrogen) atoms. The Morgan fingerprint density at radius 1 is 1.14 bits per heavy atom. The van der Waals surface area contributed by atoms with Crippen LogP contribution in [0.4, 0.5) is 5.82 Å². The second kappa shape index (κ2) is 5.99. The quantitative estimate of drug-likeness (QED) is 0.747. The third kappa shape index (κ3) is 3.60. The fourth-order valence-corrected chi connectivity index (χ4v) is 2.95. The van der Waals surface area contributed by atoms with E-state index in [9.17, 15) is 0 Å². The zero-order valence-electron chi connectivity index (χ0n) is 11.4. The number of benzene rings is 1. The highest BCUT2D eigenvalue weighted by Crippen LogP contribution is 2.39. The molecular weight excluding hydrogens is 329 g/mol. The molecule has 3 rings (SSSR count). The Hall–Kier alpha value is -1.03. The van der Waals surface area contributed by atoms with E-state index >= 15 is 0 Å². The van der Waals surface area contributed by atoms with Gasteiger partial charge in [-0.25, -0.2) is 9.97 Å². The van der Waals surface area contributed by atoms with Gasteiger partial charge in [0.1, 0.15) is 16.8 Å². The predicted octanol–water partition coefficient (Wildman–Crippen LogP) is 5.49. The highest BCUT2D eigenvalue weighted by atomic mass is 35.5. The van der Waals surface area contributed by atoms with E-state index < -0.39 is 0 Å². The van der Waals surface area contributed by atoms with Gasteiger partial charge in [0, 0.05) is 22.0 Å². The molecule has 0 amide bonds. The monoisotopic (exact) mass is 341 g/mol. The van der Waals surface area contributed by atoms with Crippen molar-refractivity contribution in [1.29, 1.82) is 0 Å². The molecule has 0 saturated heterocycles. The van der Waals surface area contributed by atoms with Crippen LogP contribution in [0.25, 0.3) is 0 Å². The van der Waals surface area contributed by atoms with Gasteiger partial charge in [-0.3, -0.25) is 0 Å². The summed E-state index contributed by atoms with van der Waals surface area (Å²) in [7, 11) is 0. The van der Waals surface area contributed by atoms with Crippen LogP contribution in [0.3, 0.4) is 0 Å². The van der Waals surface area contributed by atoms with E-state index in [1.165, 1.54) is 0 Å². The number of hydrogen-bond donors (Lipinski definition) is 1. The van der Waals surface area contributed by atoms with Crippen LogP contribution in [0.5, 0.6) is 0 Å². The summed E-state index contributed by atoms with van der Waals surface area (Å²) < 4.78 is 0. The summed E-state index contributed by atoms with van der Waals surface area (Å²) in [4.78, 5) is 8.81. The van der Waals surface area contributed by atoms with Crippen LogP contribution in [0.2, 0.25) is 15.2 Å². The predicted molar refractivity (Wildman–Crippen MR) is 87.5 cm³/mol. The van der Waals surface area contributed by atoms with Gasteiger partial charge < -0.3 is 5.32 Å². The van der Waals surface area contributed by atoms with Gasteiger partial charge in [-0.05, 0) is 37.5 Å². The largest absolute Gasteiger partial charge is 0.363 e. The van der Waals surface area contributed by atoms with Crippen molar-refractivity contribution in [3.63, 3.8) is 0 Å². The number of hydrogen-bond acceptors (Lipinski definition) is 3. The molecule has 2 aromatic rings. The van der Waals surface area contributed by atoms with Gasteiger partial charge >= 0.3 is 0 Å². The lowest BCUT2D eigenvalue weighted by Gasteiger charge is -2.17. The Balaban J connectivity index is 1.82. The Bertz CT molecular complexity index is 671. The normalized spacial score (nSPS) is 15.8. The van der Waals surface area contributed by atoms with Crippen molar-refractivity contribution in [1.82, 2.24) is 9.97 Å². The number of aromatic nitrogens is 2. The van der Waals surface area contributed by atoms with Crippen molar-refractivity contribution in [3.8, 4) is 0 Å². The Morgan fingerprint density at radius 2 is 1.90 bits per heavy atom. The minimum absolute atomic E-state index is 0.00668. The Labute approximate surface area is 138 Å². The summed E-state index contributed by atoms with van der Waals surface area (Å²) in [5.41, 5.74) is 0.962. The SMILES string of the molecule is CC(Nc1cc(Cl)nc(C2CC2)n1)c1ccc(Cl)cc1Cl. The highest BCUT2D eigenvalue weighted by Gasteiger charge is 2.27. The molecule has 1 aromatic carbocycles. The lowest BCUT2D eigenvalue weighted by Crippen LogP contribution is -2.10. The summed E-state index contributed by atoms with van der Waals surface area (Å²) in [5.74, 6) is 1.99. The smallest absolute Gasteiger partial charge is 0.135 e. The van der Waals surface area contributed by atoms with E-state index in [1.54, 1.807) is 12.1 Å². The fourth-order valence-electron chi connectivity index (χ4n) is 2.19. The van der Waals surface area contributed by atoms with Crippen molar-refractivity contribution in [2.24, 2.45) is 0 Å². The number of nitrogens with zero attached hydrogens (tertiary/aromatic N) is 2. The van der Waals surface area contributed by atoms with Crippen LogP contribution < -0.4 is 5.32 Å². The zero-order valence-corrected chi connectivity index (χ0v) is 13.7. The minimum atomic E-state index is -0.00668. The molecule has 1 aromatic heterocycles. The molecule has 0 aliphatic heterocycles. The molecule has 6 heteroatoms. The van der Waals surface area contributed by atoms with Gasteiger partial charge in [0.05, 0.1) is 6.04 Å². The number of halogens is 3. The molecule has 0 radical (unpaired) electrons. The highest BCUT2D eigenvalue weighted by molar-refractivity contribution is 6.35. The van der Waals surface area contributed by atoms with E-state index in [-0.39, 0.29) is 6.04 Å². The molecule has 3 nitrogen and oxygen atoms in total. The van der Waals surface area contributed by atoms with E-state index in [0.717, 1.165) is 30.0 Å². The zero-order chi connectivity index (χ0) is 15.0. The van der Waals surface area contributed by atoms with Crippen molar-refractivity contribution in [2.75, 3.05) is 5.32 Å². The first-order valence-electron chi connectivity index (χ1n) is 6.79.